The Hall–Kier alpha value is -1.77. The van der Waals surface area contributed by atoms with Gasteiger partial charge in [0, 0.05) is 57.1 Å². The minimum absolute atomic E-state index is 0.824. The van der Waals surface area contributed by atoms with E-state index in [2.05, 4.69) is 37.3 Å². The second-order valence-corrected chi connectivity index (χ2v) is 16.4. The van der Waals surface area contributed by atoms with Crippen molar-refractivity contribution in [1.82, 2.24) is 0 Å². The summed E-state index contributed by atoms with van der Waals surface area (Å²) in [6.45, 7) is 2.29. The summed E-state index contributed by atoms with van der Waals surface area (Å²) in [7, 11) is 1.79. The van der Waals surface area contributed by atoms with Crippen LogP contribution >= 0.6 is 56.7 Å². The summed E-state index contributed by atoms with van der Waals surface area (Å²) >= 11 is 9.23. The Morgan fingerprint density at radius 1 is 0.683 bits per heavy atom. The van der Waals surface area contributed by atoms with Crippen LogP contribution in [-0.2, 0) is 19.3 Å². The van der Waals surface area contributed by atoms with Crippen molar-refractivity contribution in [1.29, 1.82) is 0 Å². The van der Waals surface area contributed by atoms with Crippen LogP contribution < -0.4 is 4.74 Å². The lowest BCUT2D eigenvalue weighted by Gasteiger charge is -2.02. The van der Waals surface area contributed by atoms with E-state index in [0.29, 0.717) is 0 Å². The Balaban J connectivity index is 1.12. The average molecular weight is 641 g/mol. The molecule has 5 aromatic rings. The van der Waals surface area contributed by atoms with E-state index in [9.17, 15) is 4.79 Å². The number of aryl methyl sites for hydroxylation is 1. The summed E-state index contributed by atoms with van der Waals surface area (Å²) in [6.07, 6.45) is 17.8. The molecule has 0 radical (unpaired) electrons. The van der Waals surface area contributed by atoms with E-state index in [1.165, 1.54) is 109 Å². The van der Waals surface area contributed by atoms with Crippen LogP contribution in [0, 0.1) is 0 Å². The Labute approximate surface area is 265 Å². The molecule has 5 rings (SSSR count). The zero-order chi connectivity index (χ0) is 28.4. The number of aldehydes is 1. The first-order valence-corrected chi connectivity index (χ1v) is 19.1. The molecule has 0 aliphatic rings. The van der Waals surface area contributed by atoms with E-state index < -0.39 is 0 Å². The van der Waals surface area contributed by atoms with Gasteiger partial charge in [0.2, 0.25) is 0 Å². The molecule has 0 aliphatic carbocycles. The van der Waals surface area contributed by atoms with Crippen LogP contribution in [0.5, 0.6) is 5.75 Å². The van der Waals surface area contributed by atoms with Gasteiger partial charge in [-0.1, -0.05) is 64.7 Å². The van der Waals surface area contributed by atoms with Crippen LogP contribution in [0.15, 0.2) is 41.8 Å². The lowest BCUT2D eigenvalue weighted by atomic mass is 10.1. The third-order valence-corrected chi connectivity index (χ3v) is 13.2. The lowest BCUT2D eigenvalue weighted by Crippen LogP contribution is -1.86. The normalized spacial score (nSPS) is 11.6. The number of hydrogen-bond donors (Lipinski definition) is 0. The highest BCUT2D eigenvalue weighted by Gasteiger charge is 2.16. The van der Waals surface area contributed by atoms with Gasteiger partial charge < -0.3 is 4.74 Å². The predicted molar refractivity (Wildman–Crippen MR) is 185 cm³/mol. The number of fused-ring (bicyclic) bond motifs is 1. The van der Waals surface area contributed by atoms with Gasteiger partial charge in [0.15, 0.2) is 6.29 Å². The van der Waals surface area contributed by atoms with Crippen molar-refractivity contribution < 1.29 is 9.53 Å². The van der Waals surface area contributed by atoms with Gasteiger partial charge >= 0.3 is 0 Å². The van der Waals surface area contributed by atoms with Gasteiger partial charge in [-0.3, -0.25) is 4.79 Å². The number of ether oxygens (including phenoxy) is 1. The fraction of sp³-hybridized carbons (Fsp3) is 0.441. The average Bonchev–Trinajstić information content (AvgIpc) is 3.79. The molecule has 0 spiro atoms. The molecule has 0 saturated heterocycles. The Morgan fingerprint density at radius 2 is 1.34 bits per heavy atom. The van der Waals surface area contributed by atoms with Crippen molar-refractivity contribution in [2.24, 2.45) is 0 Å². The summed E-state index contributed by atoms with van der Waals surface area (Å²) in [6, 6.07) is 13.4. The summed E-state index contributed by atoms with van der Waals surface area (Å²) in [4.78, 5) is 20.6. The van der Waals surface area contributed by atoms with Crippen LogP contribution in [0.1, 0.15) is 106 Å². The molecular formula is C34H40O2S5. The molecule has 5 aromatic heterocycles. The summed E-state index contributed by atoms with van der Waals surface area (Å²) < 4.78 is 8.50. The van der Waals surface area contributed by atoms with E-state index >= 15 is 0 Å². The number of rotatable bonds is 18. The van der Waals surface area contributed by atoms with Crippen LogP contribution in [0.4, 0.5) is 0 Å². The largest absolute Gasteiger partial charge is 0.496 e. The predicted octanol–water partition coefficient (Wildman–Crippen LogP) is 12.3. The highest BCUT2D eigenvalue weighted by atomic mass is 32.1. The van der Waals surface area contributed by atoms with E-state index in [-0.39, 0.29) is 0 Å². The van der Waals surface area contributed by atoms with Crippen molar-refractivity contribution in [3.05, 3.63) is 71.7 Å². The molecule has 2 nitrogen and oxygen atoms in total. The summed E-state index contributed by atoms with van der Waals surface area (Å²) in [5.41, 5.74) is 0.824. The Kier molecular flexibility index (Phi) is 11.7. The van der Waals surface area contributed by atoms with Gasteiger partial charge in [-0.05, 0) is 54.6 Å². The molecular weight excluding hydrogens is 601 g/mol. The number of carbonyl (C=O) groups excluding carboxylic acids is 1. The fourth-order valence-electron chi connectivity index (χ4n) is 5.29. The second kappa shape index (κ2) is 15.6. The molecule has 0 amide bonds. The van der Waals surface area contributed by atoms with Crippen molar-refractivity contribution in [3.8, 4) is 15.5 Å². The third-order valence-electron chi connectivity index (χ3n) is 7.56. The van der Waals surface area contributed by atoms with E-state index in [0.717, 1.165) is 35.3 Å². The molecule has 7 heteroatoms. The molecule has 0 aromatic carbocycles. The second-order valence-electron chi connectivity index (χ2n) is 10.7. The van der Waals surface area contributed by atoms with Gasteiger partial charge in [0.05, 0.1) is 12.0 Å². The number of unbranched alkanes of at least 4 members (excludes halogenated alkanes) is 9. The minimum atomic E-state index is 0.824. The van der Waals surface area contributed by atoms with Crippen LogP contribution in [0.3, 0.4) is 0 Å². The Bertz CT molecular complexity index is 1480. The number of carbonyl (C=O) groups is 1. The van der Waals surface area contributed by atoms with Crippen LogP contribution in [-0.4, -0.2) is 13.4 Å². The highest BCUT2D eigenvalue weighted by Crippen LogP contribution is 2.42. The maximum Gasteiger partial charge on any atom is 0.151 e. The molecule has 218 valence electrons. The highest BCUT2D eigenvalue weighted by molar-refractivity contribution is 7.28. The van der Waals surface area contributed by atoms with Gasteiger partial charge in [0.25, 0.3) is 0 Å². The molecule has 0 aliphatic heterocycles. The first kappa shape index (κ1) is 30.7. The number of thiophene rings is 5. The van der Waals surface area contributed by atoms with Crippen molar-refractivity contribution in [2.75, 3.05) is 7.11 Å². The minimum Gasteiger partial charge on any atom is -0.496 e. The fourth-order valence-corrected chi connectivity index (χ4v) is 11.1. The molecule has 0 bridgehead atoms. The first-order valence-electron chi connectivity index (χ1n) is 14.9. The van der Waals surface area contributed by atoms with Crippen molar-refractivity contribution in [3.63, 3.8) is 0 Å². The van der Waals surface area contributed by atoms with E-state index in [1.54, 1.807) is 18.4 Å². The molecule has 0 saturated carbocycles. The quantitative estimate of drug-likeness (QED) is 0.0703. The zero-order valence-corrected chi connectivity index (χ0v) is 28.3. The van der Waals surface area contributed by atoms with Gasteiger partial charge in [0.1, 0.15) is 5.75 Å². The summed E-state index contributed by atoms with van der Waals surface area (Å²) in [5.74, 6) is 1.01. The van der Waals surface area contributed by atoms with Gasteiger partial charge in [-0.25, -0.2) is 0 Å². The standard InChI is InChI=1S/C34H40O2S5/c1-3-4-5-6-7-8-9-10-11-12-13-25-14-15-29(38-25)34-22-28(36-2)31(41-34)19-27-21-33-32(40-27)20-26(39-33)18-30-24(23-35)16-17-37-30/h14-17,20-23H,3-13,18-19H2,1-2H3. The zero-order valence-electron chi connectivity index (χ0n) is 24.2. The molecule has 0 unspecified atom stereocenters. The smallest absolute Gasteiger partial charge is 0.151 e. The molecule has 41 heavy (non-hydrogen) atoms. The molecule has 0 N–H and O–H groups in total. The van der Waals surface area contributed by atoms with Crippen molar-refractivity contribution in [2.45, 2.75) is 90.4 Å². The Morgan fingerprint density at radius 3 is 2.00 bits per heavy atom. The molecule has 0 atom stereocenters. The van der Waals surface area contributed by atoms with Crippen LogP contribution in [0.2, 0.25) is 0 Å². The molecule has 5 heterocycles. The SMILES string of the molecule is CCCCCCCCCCCCc1ccc(-c2cc(OC)c(Cc3cc4sc(Cc5sccc5C=O)cc4s3)s2)s1. The van der Waals surface area contributed by atoms with E-state index in [4.69, 9.17) is 4.74 Å². The number of hydrogen-bond acceptors (Lipinski definition) is 7. The monoisotopic (exact) mass is 640 g/mol. The maximum atomic E-state index is 11.3. The van der Waals surface area contributed by atoms with Gasteiger partial charge in [-0.2, -0.15) is 0 Å². The topological polar surface area (TPSA) is 26.3 Å². The van der Waals surface area contributed by atoms with E-state index in [1.807, 2.05) is 56.8 Å². The number of methoxy groups -OCH3 is 1. The molecule has 0 fully saturated rings. The third kappa shape index (κ3) is 8.41. The maximum absolute atomic E-state index is 11.3. The van der Waals surface area contributed by atoms with Crippen LogP contribution in [0.25, 0.3) is 19.2 Å². The first-order chi connectivity index (χ1) is 20.2. The van der Waals surface area contributed by atoms with Crippen molar-refractivity contribution >= 4 is 72.4 Å². The van der Waals surface area contributed by atoms with Gasteiger partial charge in [-0.15, -0.1) is 56.7 Å². The summed E-state index contributed by atoms with van der Waals surface area (Å²) in [5, 5.41) is 2.01. The lowest BCUT2D eigenvalue weighted by molar-refractivity contribution is 0.112.